The summed E-state index contributed by atoms with van der Waals surface area (Å²) in [7, 11) is 0. The van der Waals surface area contributed by atoms with E-state index in [1.165, 1.54) is 12.8 Å². The zero-order valence-electron chi connectivity index (χ0n) is 9.29. The molecule has 0 atom stereocenters. The molecular weight excluding hydrogens is 176 g/mol. The molecule has 0 aromatic heterocycles. The SMILES string of the molecule is C=CCC(CC=C)CCC.CC(=O)[O-]. The number of carboxylic acids is 1. The van der Waals surface area contributed by atoms with E-state index in [9.17, 15) is 0 Å². The molecule has 0 saturated heterocycles. The molecule has 0 aliphatic heterocycles. The van der Waals surface area contributed by atoms with Crippen LogP contribution in [0, 0.1) is 5.92 Å². The zero-order valence-corrected chi connectivity index (χ0v) is 9.29. The first-order chi connectivity index (χ1) is 6.58. The molecule has 0 radical (unpaired) electrons. The topological polar surface area (TPSA) is 40.1 Å². The van der Waals surface area contributed by atoms with Crippen LogP contribution in [0.2, 0.25) is 0 Å². The quantitative estimate of drug-likeness (QED) is 0.613. The van der Waals surface area contributed by atoms with Crippen LogP contribution < -0.4 is 5.11 Å². The van der Waals surface area contributed by atoms with Gasteiger partial charge in [0.1, 0.15) is 0 Å². The van der Waals surface area contributed by atoms with Gasteiger partial charge in [0.2, 0.25) is 0 Å². The van der Waals surface area contributed by atoms with E-state index in [1.807, 2.05) is 12.2 Å². The van der Waals surface area contributed by atoms with Crippen molar-refractivity contribution >= 4 is 5.97 Å². The standard InChI is InChI=1S/C10H18.C2H4O2/c1-4-7-10(8-5-2)9-6-3;1-2(3)4/h4-5,10H,1-2,6-9H2,3H3;1H3,(H,3,4)/p-1. The first kappa shape index (κ1) is 15.4. The highest BCUT2D eigenvalue weighted by Crippen LogP contribution is 2.15. The molecule has 0 aromatic rings. The average molecular weight is 197 g/mol. The Morgan fingerprint density at radius 3 is 1.93 bits per heavy atom. The summed E-state index contributed by atoms with van der Waals surface area (Å²) >= 11 is 0. The number of rotatable bonds is 6. The summed E-state index contributed by atoms with van der Waals surface area (Å²) < 4.78 is 0. The van der Waals surface area contributed by atoms with E-state index in [-0.39, 0.29) is 0 Å². The number of carbonyl (C=O) groups is 1. The summed E-state index contributed by atoms with van der Waals surface area (Å²) in [6.45, 7) is 10.7. The maximum absolute atomic E-state index is 8.89. The van der Waals surface area contributed by atoms with Gasteiger partial charge >= 0.3 is 0 Å². The number of hydrogen-bond acceptors (Lipinski definition) is 2. The Bertz CT molecular complexity index is 148. The predicted molar refractivity (Wildman–Crippen MR) is 58.7 cm³/mol. The highest BCUT2D eigenvalue weighted by atomic mass is 16.4. The van der Waals surface area contributed by atoms with Crippen LogP contribution in [0.15, 0.2) is 25.3 Å². The second-order valence-corrected chi connectivity index (χ2v) is 3.20. The molecule has 14 heavy (non-hydrogen) atoms. The largest absolute Gasteiger partial charge is 0.550 e. The van der Waals surface area contributed by atoms with Gasteiger partial charge in [0.05, 0.1) is 0 Å². The van der Waals surface area contributed by atoms with Gasteiger partial charge in [0.15, 0.2) is 0 Å². The lowest BCUT2D eigenvalue weighted by Gasteiger charge is -2.09. The van der Waals surface area contributed by atoms with Gasteiger partial charge in [-0.1, -0.05) is 31.9 Å². The number of allylic oxidation sites excluding steroid dienone is 2. The van der Waals surface area contributed by atoms with E-state index in [0.717, 1.165) is 25.7 Å². The molecule has 0 N–H and O–H groups in total. The van der Waals surface area contributed by atoms with Crippen LogP contribution in [0.1, 0.15) is 39.5 Å². The van der Waals surface area contributed by atoms with E-state index < -0.39 is 5.97 Å². The molecule has 2 nitrogen and oxygen atoms in total. The molecule has 0 amide bonds. The van der Waals surface area contributed by atoms with Crippen LogP contribution in [0.5, 0.6) is 0 Å². The van der Waals surface area contributed by atoms with E-state index in [1.54, 1.807) is 0 Å². The molecule has 0 spiro atoms. The van der Waals surface area contributed by atoms with E-state index in [0.29, 0.717) is 0 Å². The van der Waals surface area contributed by atoms with Gasteiger partial charge in [-0.05, 0) is 25.7 Å². The highest BCUT2D eigenvalue weighted by Gasteiger charge is 2.01. The third kappa shape index (κ3) is 17.2. The van der Waals surface area contributed by atoms with Crippen molar-refractivity contribution in [1.82, 2.24) is 0 Å². The molecule has 82 valence electrons. The molecule has 0 aromatic carbocycles. The predicted octanol–water partition coefficient (Wildman–Crippen LogP) is 2.31. The highest BCUT2D eigenvalue weighted by molar-refractivity contribution is 5.60. The van der Waals surface area contributed by atoms with Crippen molar-refractivity contribution in [2.24, 2.45) is 5.92 Å². The fraction of sp³-hybridized carbons (Fsp3) is 0.583. The smallest absolute Gasteiger partial charge is 0.0383 e. The van der Waals surface area contributed by atoms with Crippen LogP contribution >= 0.6 is 0 Å². The maximum Gasteiger partial charge on any atom is 0.0383 e. The maximum atomic E-state index is 8.89. The first-order valence-electron chi connectivity index (χ1n) is 4.97. The van der Waals surface area contributed by atoms with Crippen LogP contribution in [0.25, 0.3) is 0 Å². The summed E-state index contributed by atoms with van der Waals surface area (Å²) in [5.74, 6) is -0.292. The Kier molecular flexibility index (Phi) is 13.2. The number of aliphatic carboxylic acids is 1. The van der Waals surface area contributed by atoms with Crippen molar-refractivity contribution in [2.45, 2.75) is 39.5 Å². The lowest BCUT2D eigenvalue weighted by atomic mass is 9.96. The Labute approximate surface area is 87.3 Å². The van der Waals surface area contributed by atoms with Crippen molar-refractivity contribution in [3.05, 3.63) is 25.3 Å². The molecule has 0 heterocycles. The summed E-state index contributed by atoms with van der Waals surface area (Å²) in [5.41, 5.74) is 0. The van der Waals surface area contributed by atoms with Crippen LogP contribution in [-0.2, 0) is 4.79 Å². The minimum absolute atomic E-state index is 0.792. The number of hydrogen-bond donors (Lipinski definition) is 0. The Hall–Kier alpha value is -1.05. The zero-order chi connectivity index (χ0) is 11.4. The average Bonchev–Trinajstić information content (AvgIpc) is 2.04. The molecule has 0 rings (SSSR count). The van der Waals surface area contributed by atoms with E-state index in [2.05, 4.69) is 20.1 Å². The van der Waals surface area contributed by atoms with Crippen LogP contribution in [0.3, 0.4) is 0 Å². The molecule has 0 saturated carbocycles. The number of carboxylic acid groups (broad SMARTS) is 1. The van der Waals surface area contributed by atoms with Gasteiger partial charge in [-0.15, -0.1) is 13.2 Å². The lowest BCUT2D eigenvalue weighted by Crippen LogP contribution is -2.16. The Morgan fingerprint density at radius 1 is 1.36 bits per heavy atom. The Balaban J connectivity index is 0. The molecular formula is C12H21O2-. The van der Waals surface area contributed by atoms with E-state index in [4.69, 9.17) is 9.90 Å². The minimum atomic E-state index is -1.08. The molecule has 0 aliphatic rings. The van der Waals surface area contributed by atoms with Gasteiger partial charge in [-0.2, -0.15) is 0 Å². The molecule has 0 fully saturated rings. The molecule has 0 aliphatic carbocycles. The first-order valence-corrected chi connectivity index (χ1v) is 4.97. The number of carbonyl (C=O) groups excluding carboxylic acids is 1. The van der Waals surface area contributed by atoms with Crippen LogP contribution in [0.4, 0.5) is 0 Å². The molecule has 0 unspecified atom stereocenters. The fourth-order valence-corrected chi connectivity index (χ4v) is 1.21. The van der Waals surface area contributed by atoms with Gasteiger partial charge in [-0.3, -0.25) is 0 Å². The fourth-order valence-electron chi connectivity index (χ4n) is 1.21. The van der Waals surface area contributed by atoms with Crippen molar-refractivity contribution in [2.75, 3.05) is 0 Å². The summed E-state index contributed by atoms with van der Waals surface area (Å²) in [5, 5.41) is 8.89. The van der Waals surface area contributed by atoms with E-state index >= 15 is 0 Å². The third-order valence-corrected chi connectivity index (χ3v) is 1.70. The summed E-state index contributed by atoms with van der Waals surface area (Å²) in [4.78, 5) is 8.89. The van der Waals surface area contributed by atoms with Gasteiger partial charge in [0, 0.05) is 5.97 Å². The van der Waals surface area contributed by atoms with Crippen LogP contribution in [-0.4, -0.2) is 5.97 Å². The van der Waals surface area contributed by atoms with Crippen molar-refractivity contribution in [3.63, 3.8) is 0 Å². The summed E-state index contributed by atoms with van der Waals surface area (Å²) in [6, 6.07) is 0. The van der Waals surface area contributed by atoms with Crippen molar-refractivity contribution in [3.8, 4) is 0 Å². The van der Waals surface area contributed by atoms with Gasteiger partial charge < -0.3 is 9.90 Å². The molecule has 2 heteroatoms. The Morgan fingerprint density at radius 2 is 1.71 bits per heavy atom. The normalized spacial score (nSPS) is 8.79. The third-order valence-electron chi connectivity index (χ3n) is 1.70. The minimum Gasteiger partial charge on any atom is -0.550 e. The van der Waals surface area contributed by atoms with Gasteiger partial charge in [0.25, 0.3) is 0 Å². The second-order valence-electron chi connectivity index (χ2n) is 3.20. The molecule has 0 bridgehead atoms. The lowest BCUT2D eigenvalue weighted by molar-refractivity contribution is -0.302. The van der Waals surface area contributed by atoms with Gasteiger partial charge in [-0.25, -0.2) is 0 Å². The second kappa shape index (κ2) is 11.9. The van der Waals surface area contributed by atoms with Crippen molar-refractivity contribution in [1.29, 1.82) is 0 Å². The summed E-state index contributed by atoms with van der Waals surface area (Å²) in [6.07, 6.45) is 8.86. The van der Waals surface area contributed by atoms with Crippen molar-refractivity contribution < 1.29 is 9.90 Å². The monoisotopic (exact) mass is 197 g/mol.